The number of Topliss-reactive ketones (excluding diaryl/α,β-unsaturated/α-hetero) is 1. The fraction of sp³-hybridized carbons (Fsp3) is 0.707. The van der Waals surface area contributed by atoms with Crippen molar-refractivity contribution in [1.29, 1.82) is 0 Å². The number of ketones is 1. The van der Waals surface area contributed by atoms with E-state index in [1.807, 2.05) is 19.9 Å². The van der Waals surface area contributed by atoms with Crippen LogP contribution in [0, 0.1) is 80.8 Å². The molecule has 11 heteroatoms. The summed E-state index contributed by atoms with van der Waals surface area (Å²) >= 11 is 0. The summed E-state index contributed by atoms with van der Waals surface area (Å²) in [5.74, 6) is 7.94. The van der Waals surface area contributed by atoms with Crippen molar-refractivity contribution in [3.8, 4) is 11.8 Å². The highest BCUT2D eigenvalue weighted by molar-refractivity contribution is 5.93. The maximum Gasteiger partial charge on any atom is 0.339 e. The van der Waals surface area contributed by atoms with Gasteiger partial charge in [-0.25, -0.2) is 4.79 Å². The number of benzene rings is 1. The van der Waals surface area contributed by atoms with E-state index < -0.39 is 68.7 Å². The molecule has 10 fully saturated rings. The van der Waals surface area contributed by atoms with Gasteiger partial charge in [0, 0.05) is 46.7 Å². The minimum Gasteiger partial charge on any atom is -0.469 e. The fourth-order valence-corrected chi connectivity index (χ4v) is 19.8. The molecule has 4 bridgehead atoms. The van der Waals surface area contributed by atoms with Gasteiger partial charge in [-0.2, -0.15) is 0 Å². The molecule has 7 heterocycles. The van der Waals surface area contributed by atoms with E-state index in [0.29, 0.717) is 55.9 Å². The predicted molar refractivity (Wildman–Crippen MR) is 252 cm³/mol. The van der Waals surface area contributed by atoms with Crippen molar-refractivity contribution in [2.24, 2.45) is 69.0 Å². The normalized spacial score (nSPS) is 47.8. The van der Waals surface area contributed by atoms with Crippen LogP contribution in [-0.2, 0) is 51.8 Å². The Bertz CT molecular complexity index is 2570. The van der Waals surface area contributed by atoms with E-state index in [4.69, 9.17) is 23.4 Å². The molecule has 2 N–H and O–H groups in total. The van der Waals surface area contributed by atoms with Crippen LogP contribution in [0.5, 0.6) is 0 Å². The second kappa shape index (κ2) is 14.8. The van der Waals surface area contributed by atoms with E-state index in [2.05, 4.69) is 71.6 Å². The van der Waals surface area contributed by atoms with Crippen LogP contribution < -0.4 is 5.32 Å². The SMILES string of the molecule is CC1(C)OC2C3(CCCC3)C(=O)OCC23C1C(=O)C(O)C12C4CC(Cc5ccccc5)CCC4C#CCC4(c5ccoc5CCC5CCC6C(C=CN7CNCC67)C5)OC(=O)C5OC51C4(C)CCC32. The number of nitrogens with one attached hydrogen (secondary N) is 1. The predicted octanol–water partition coefficient (Wildman–Crippen LogP) is 7.82. The van der Waals surface area contributed by atoms with E-state index in [0.717, 1.165) is 75.9 Å². The molecule has 17 unspecified atom stereocenters. The zero-order valence-electron chi connectivity index (χ0n) is 40.7. The first-order valence-electron chi connectivity index (χ1n) is 27.1. The van der Waals surface area contributed by atoms with Crippen LogP contribution in [-0.4, -0.2) is 83.1 Å². The van der Waals surface area contributed by atoms with Gasteiger partial charge in [0.05, 0.1) is 42.4 Å². The Labute approximate surface area is 406 Å². The third kappa shape index (κ3) is 5.38. The number of carbonyl (C=O) groups is 3. The van der Waals surface area contributed by atoms with E-state index in [-0.39, 0.29) is 48.5 Å². The molecule has 2 aromatic rings. The summed E-state index contributed by atoms with van der Waals surface area (Å²) in [7, 11) is 0. The van der Waals surface area contributed by atoms with Crippen molar-refractivity contribution >= 4 is 17.7 Å². The minimum atomic E-state index is -1.48. The van der Waals surface area contributed by atoms with Gasteiger partial charge in [-0.1, -0.05) is 74.4 Å². The lowest BCUT2D eigenvalue weighted by Gasteiger charge is -2.72. The van der Waals surface area contributed by atoms with Gasteiger partial charge in [-0.05, 0) is 138 Å². The monoisotopic (exact) mass is 939 g/mol. The van der Waals surface area contributed by atoms with Crippen molar-refractivity contribution in [1.82, 2.24) is 10.2 Å². The number of nitrogens with zero attached hydrogens (tertiary/aromatic N) is 1. The van der Waals surface area contributed by atoms with Gasteiger partial charge < -0.3 is 33.4 Å². The minimum absolute atomic E-state index is 0.0427. The van der Waals surface area contributed by atoms with E-state index in [1.54, 1.807) is 6.26 Å². The number of fused-ring (bicyclic) bond motifs is 5. The molecule has 5 saturated heterocycles. The molecule has 1 aromatic heterocycles. The lowest BCUT2D eigenvalue weighted by molar-refractivity contribution is -0.301. The van der Waals surface area contributed by atoms with Crippen LogP contribution in [0.2, 0.25) is 0 Å². The zero-order valence-corrected chi connectivity index (χ0v) is 40.7. The van der Waals surface area contributed by atoms with Gasteiger partial charge in [0.1, 0.15) is 24.1 Å². The Morgan fingerprint density at radius 3 is 2.59 bits per heavy atom. The second-order valence-electron chi connectivity index (χ2n) is 25.1. The highest BCUT2D eigenvalue weighted by atomic mass is 16.7. The number of furan rings is 1. The fourth-order valence-electron chi connectivity index (χ4n) is 19.8. The van der Waals surface area contributed by atoms with Gasteiger partial charge in [0.15, 0.2) is 17.5 Å². The lowest BCUT2D eigenvalue weighted by Crippen LogP contribution is -2.81. The van der Waals surface area contributed by atoms with Crippen molar-refractivity contribution in [3.63, 3.8) is 0 Å². The van der Waals surface area contributed by atoms with Gasteiger partial charge in [0.2, 0.25) is 0 Å². The smallest absolute Gasteiger partial charge is 0.339 e. The summed E-state index contributed by atoms with van der Waals surface area (Å²) in [6.07, 6.45) is 16.6. The first-order valence-corrected chi connectivity index (χ1v) is 27.1. The molecule has 11 nitrogen and oxygen atoms in total. The molecule has 1 aromatic carbocycles. The number of esters is 2. The number of aliphatic hydroxyl groups is 1. The van der Waals surface area contributed by atoms with E-state index in [1.165, 1.54) is 18.4 Å². The number of carbonyl (C=O) groups excluding carboxylic acids is 3. The quantitative estimate of drug-likeness (QED) is 0.167. The number of hydrogen-bond acceptors (Lipinski definition) is 11. The summed E-state index contributed by atoms with van der Waals surface area (Å²) in [5, 5.41) is 17.5. The highest BCUT2D eigenvalue weighted by Crippen LogP contribution is 2.85. The molecule has 4 spiro atoms. The van der Waals surface area contributed by atoms with Crippen molar-refractivity contribution < 1.29 is 42.9 Å². The van der Waals surface area contributed by atoms with Crippen molar-refractivity contribution in [2.45, 2.75) is 165 Å². The van der Waals surface area contributed by atoms with Crippen LogP contribution in [0.1, 0.15) is 128 Å². The Morgan fingerprint density at radius 1 is 0.928 bits per heavy atom. The number of ether oxygens (including phenoxy) is 4. The van der Waals surface area contributed by atoms with Crippen molar-refractivity contribution in [3.05, 3.63) is 71.8 Å². The number of rotatable bonds is 6. The number of epoxide rings is 1. The Balaban J connectivity index is 0.914. The van der Waals surface area contributed by atoms with Gasteiger partial charge in [-0.3, -0.25) is 14.9 Å². The van der Waals surface area contributed by atoms with Crippen LogP contribution in [0.15, 0.2) is 59.4 Å². The molecular weight excluding hydrogens is 869 g/mol. The van der Waals surface area contributed by atoms with Gasteiger partial charge in [0.25, 0.3) is 0 Å². The van der Waals surface area contributed by atoms with Crippen LogP contribution in [0.4, 0.5) is 0 Å². The standard InChI is InChI=1S/C58H70N2O9/c1-52(2)46-45(61)47(62)57-41-30-36(28-34-10-5-4-6-11-34)13-16-37(41)12-9-24-56(40-21-27-65-43(40)18-15-35-14-17-39-38(29-35)20-26-60-33-59-31-42(39)60)53(3,58(57)48(67-58)49(63)68-56)25-19-44(57)55(46)32-66-51(64)54(50(55)69-52)22-7-8-23-54/h4-6,10-11,20-21,26-27,35-39,41-42,44,46-48,50,59,62H,7-8,13-19,22-25,28-33H2,1-3H3. The Hall–Kier alpha value is -3.95. The molecule has 12 aliphatic rings. The molecular formula is C58H70N2O9. The molecule has 6 aliphatic heterocycles. The third-order valence-corrected chi connectivity index (χ3v) is 22.3. The van der Waals surface area contributed by atoms with Gasteiger partial charge >= 0.3 is 11.9 Å². The maximum atomic E-state index is 16.2. The molecule has 69 heavy (non-hydrogen) atoms. The number of hydrogen-bond donors (Lipinski definition) is 2. The maximum absolute atomic E-state index is 16.2. The zero-order chi connectivity index (χ0) is 46.9. The number of allylic oxidation sites excluding steroid dienone is 1. The molecule has 0 amide bonds. The lowest BCUT2D eigenvalue weighted by atomic mass is 9.30. The summed E-state index contributed by atoms with van der Waals surface area (Å²) in [5.41, 5.74) is -5.50. The number of aryl methyl sites for hydroxylation is 1. The van der Waals surface area contributed by atoms with Crippen molar-refractivity contribution in [2.75, 3.05) is 19.8 Å². The van der Waals surface area contributed by atoms with Crippen LogP contribution in [0.25, 0.3) is 0 Å². The summed E-state index contributed by atoms with van der Waals surface area (Å²) < 4.78 is 34.9. The average molecular weight is 939 g/mol. The number of cyclic esters (lactones) is 1. The third-order valence-electron chi connectivity index (χ3n) is 22.3. The van der Waals surface area contributed by atoms with Crippen LogP contribution >= 0.6 is 0 Å². The highest BCUT2D eigenvalue weighted by Gasteiger charge is 2.95. The first-order chi connectivity index (χ1) is 33.3. The Kier molecular flexibility index (Phi) is 9.41. The molecule has 6 aliphatic carbocycles. The largest absolute Gasteiger partial charge is 0.469 e. The van der Waals surface area contributed by atoms with E-state index >= 15 is 9.59 Å². The van der Waals surface area contributed by atoms with E-state index in [9.17, 15) is 9.90 Å². The summed E-state index contributed by atoms with van der Waals surface area (Å²) in [6.45, 7) is 8.27. The molecule has 0 radical (unpaired) electrons. The summed E-state index contributed by atoms with van der Waals surface area (Å²) in [4.78, 5) is 48.4. The number of aliphatic hydroxyl groups excluding tert-OH is 1. The molecule has 14 rings (SSSR count). The molecule has 366 valence electrons. The molecule has 17 atom stereocenters. The Morgan fingerprint density at radius 2 is 1.75 bits per heavy atom. The topological polar surface area (TPSA) is 140 Å². The van der Waals surface area contributed by atoms with Gasteiger partial charge in [-0.15, -0.1) is 0 Å². The first kappa shape index (κ1) is 43.8. The van der Waals surface area contributed by atoms with Crippen LogP contribution in [0.3, 0.4) is 0 Å². The average Bonchev–Trinajstić information content (AvgIpc) is 3.81. The summed E-state index contributed by atoms with van der Waals surface area (Å²) in [6, 6.07) is 13.3. The second-order valence-corrected chi connectivity index (χ2v) is 25.1. The molecule has 5 saturated carbocycles.